The number of anilines is 2. The Labute approximate surface area is 138 Å². The predicted octanol–water partition coefficient (Wildman–Crippen LogP) is 0.342. The molecule has 0 bridgehead atoms. The fourth-order valence-corrected chi connectivity index (χ4v) is 3.53. The molecule has 3 rings (SSSR count). The Hall–Kier alpha value is -2.25. The van der Waals surface area contributed by atoms with E-state index in [1.165, 1.54) is 23.2 Å². The highest BCUT2D eigenvalue weighted by Crippen LogP contribution is 2.28. The first-order valence-electron chi connectivity index (χ1n) is 7.54. The van der Waals surface area contributed by atoms with E-state index in [1.54, 1.807) is 4.90 Å². The average molecular weight is 331 g/mol. The molecular weight excluding hydrogens is 312 g/mol. The monoisotopic (exact) mass is 331 g/mol. The molecule has 7 heteroatoms. The van der Waals surface area contributed by atoms with Crippen molar-refractivity contribution in [1.29, 1.82) is 0 Å². The summed E-state index contributed by atoms with van der Waals surface area (Å²) in [6, 6.07) is 9.50. The minimum absolute atomic E-state index is 0.0678. The molecule has 120 valence electrons. The Morgan fingerprint density at radius 3 is 2.87 bits per heavy atom. The number of nitrogens with zero attached hydrogens (tertiary/aromatic N) is 2. The number of carbonyl (C=O) groups is 2. The highest BCUT2D eigenvalue weighted by molar-refractivity contribution is 7.14. The van der Waals surface area contributed by atoms with Gasteiger partial charge in [-0.1, -0.05) is 18.2 Å². The molecule has 2 heterocycles. The van der Waals surface area contributed by atoms with Crippen molar-refractivity contribution >= 4 is 34.0 Å². The molecule has 6 nitrogen and oxygen atoms in total. The molecule has 1 aliphatic heterocycles. The fourth-order valence-electron chi connectivity index (χ4n) is 2.65. The van der Waals surface area contributed by atoms with Crippen molar-refractivity contribution in [3.05, 3.63) is 41.4 Å². The van der Waals surface area contributed by atoms with Crippen molar-refractivity contribution < 1.29 is 14.5 Å². The third kappa shape index (κ3) is 3.75. The summed E-state index contributed by atoms with van der Waals surface area (Å²) in [7, 11) is 0. The summed E-state index contributed by atoms with van der Waals surface area (Å²) in [6.07, 6.45) is 0. The van der Waals surface area contributed by atoms with Gasteiger partial charge in [-0.25, -0.2) is 4.98 Å². The summed E-state index contributed by atoms with van der Waals surface area (Å²) < 4.78 is 0. The van der Waals surface area contributed by atoms with E-state index < -0.39 is 0 Å². The molecule has 23 heavy (non-hydrogen) atoms. The summed E-state index contributed by atoms with van der Waals surface area (Å²) in [5.41, 5.74) is 1.72. The van der Waals surface area contributed by atoms with Gasteiger partial charge in [0, 0.05) is 12.3 Å². The lowest BCUT2D eigenvalue weighted by molar-refractivity contribution is -0.907. The number of nitrogens with one attached hydrogen (secondary N) is 2. The molecule has 1 aromatic heterocycles. The quantitative estimate of drug-likeness (QED) is 0.849. The van der Waals surface area contributed by atoms with Crippen LogP contribution in [0.1, 0.15) is 12.6 Å². The maximum atomic E-state index is 12.0. The van der Waals surface area contributed by atoms with E-state index in [0.29, 0.717) is 24.8 Å². The molecule has 2 N–H and O–H groups in total. The van der Waals surface area contributed by atoms with Crippen LogP contribution >= 0.6 is 11.3 Å². The van der Waals surface area contributed by atoms with Gasteiger partial charge in [-0.05, 0) is 12.1 Å². The highest BCUT2D eigenvalue weighted by Gasteiger charge is 2.22. The second-order valence-corrected chi connectivity index (χ2v) is 6.35. The van der Waals surface area contributed by atoms with E-state index in [0.717, 1.165) is 17.9 Å². The summed E-state index contributed by atoms with van der Waals surface area (Å²) in [4.78, 5) is 30.9. The number of amides is 2. The van der Waals surface area contributed by atoms with E-state index in [1.807, 2.05) is 35.7 Å². The van der Waals surface area contributed by atoms with Gasteiger partial charge in [0.2, 0.25) is 5.91 Å². The number of piperazine rings is 1. The molecule has 0 radical (unpaired) electrons. The van der Waals surface area contributed by atoms with Gasteiger partial charge in [0.25, 0.3) is 5.91 Å². The zero-order valence-electron chi connectivity index (χ0n) is 12.9. The molecule has 1 aliphatic rings. The van der Waals surface area contributed by atoms with Crippen molar-refractivity contribution in [3.8, 4) is 0 Å². The maximum Gasteiger partial charge on any atom is 0.275 e. The van der Waals surface area contributed by atoms with Crippen LogP contribution in [-0.4, -0.2) is 36.4 Å². The molecule has 0 aliphatic carbocycles. The highest BCUT2D eigenvalue weighted by atomic mass is 32.1. The van der Waals surface area contributed by atoms with E-state index in [-0.39, 0.29) is 11.8 Å². The number of benzene rings is 1. The van der Waals surface area contributed by atoms with Gasteiger partial charge >= 0.3 is 0 Å². The average Bonchev–Trinajstić information content (AvgIpc) is 2.96. The second-order valence-electron chi connectivity index (χ2n) is 5.51. The van der Waals surface area contributed by atoms with Crippen LogP contribution in [0.5, 0.6) is 0 Å². The Morgan fingerprint density at radius 1 is 1.39 bits per heavy atom. The van der Waals surface area contributed by atoms with Crippen LogP contribution in [0.25, 0.3) is 0 Å². The summed E-state index contributed by atoms with van der Waals surface area (Å²) in [5.74, 6) is 0.0122. The Bertz CT molecular complexity index is 701. The van der Waals surface area contributed by atoms with Crippen LogP contribution in [0.15, 0.2) is 35.7 Å². The van der Waals surface area contributed by atoms with E-state index in [2.05, 4.69) is 10.3 Å². The Morgan fingerprint density at radius 2 is 2.17 bits per heavy atom. The molecule has 1 atom stereocenters. The molecule has 1 fully saturated rings. The minimum Gasteiger partial charge on any atom is -0.346 e. The Kier molecular flexibility index (Phi) is 4.68. The van der Waals surface area contributed by atoms with Gasteiger partial charge in [0.05, 0.1) is 18.8 Å². The van der Waals surface area contributed by atoms with Gasteiger partial charge in [-0.15, -0.1) is 11.3 Å². The SMILES string of the molecule is CC(=O)N(c1ccccc1)c1nc(C[NH+]2CCNC(=O)C2)cs1. The standard InChI is InChI=1S/C16H18N4O2S/c1-12(21)20(14-5-3-2-4-6-14)16-18-13(11-23-16)9-19-8-7-17-15(22)10-19/h2-6,11H,7-10H2,1H3,(H,17,22)/p+1. The molecular formula is C16H19N4O2S+. The number of aromatic nitrogens is 1. The minimum atomic E-state index is -0.0678. The van der Waals surface area contributed by atoms with E-state index >= 15 is 0 Å². The molecule has 0 spiro atoms. The van der Waals surface area contributed by atoms with Crippen molar-refractivity contribution in [1.82, 2.24) is 10.3 Å². The number of rotatable bonds is 4. The third-order valence-corrected chi connectivity index (χ3v) is 4.58. The van der Waals surface area contributed by atoms with Crippen molar-refractivity contribution in [3.63, 3.8) is 0 Å². The van der Waals surface area contributed by atoms with Crippen LogP contribution < -0.4 is 15.1 Å². The first-order valence-corrected chi connectivity index (χ1v) is 8.42. The number of hydrogen-bond donors (Lipinski definition) is 2. The number of para-hydroxylation sites is 1. The summed E-state index contributed by atoms with van der Waals surface area (Å²) in [6.45, 7) is 4.31. The van der Waals surface area contributed by atoms with Gasteiger partial charge in [-0.3, -0.25) is 14.5 Å². The largest absolute Gasteiger partial charge is 0.346 e. The van der Waals surface area contributed by atoms with Gasteiger partial charge in [0.15, 0.2) is 11.7 Å². The Balaban J connectivity index is 1.77. The number of thiazole rings is 1. The molecule has 2 amide bonds. The molecule has 1 saturated heterocycles. The predicted molar refractivity (Wildman–Crippen MR) is 88.8 cm³/mol. The van der Waals surface area contributed by atoms with Crippen LogP contribution in [0.2, 0.25) is 0 Å². The van der Waals surface area contributed by atoms with Crippen molar-refractivity contribution in [2.45, 2.75) is 13.5 Å². The summed E-state index contributed by atoms with van der Waals surface area (Å²) >= 11 is 1.45. The fraction of sp³-hybridized carbons (Fsp3) is 0.312. The lowest BCUT2D eigenvalue weighted by Gasteiger charge is -2.22. The van der Waals surface area contributed by atoms with Gasteiger partial charge < -0.3 is 10.2 Å². The zero-order chi connectivity index (χ0) is 16.2. The van der Waals surface area contributed by atoms with Crippen LogP contribution in [0, 0.1) is 0 Å². The van der Waals surface area contributed by atoms with Crippen molar-refractivity contribution in [2.75, 3.05) is 24.5 Å². The first kappa shape index (κ1) is 15.6. The summed E-state index contributed by atoms with van der Waals surface area (Å²) in [5, 5.41) is 5.46. The first-order chi connectivity index (χ1) is 11.1. The van der Waals surface area contributed by atoms with Crippen LogP contribution in [0.4, 0.5) is 10.8 Å². The molecule has 1 aromatic carbocycles. The second kappa shape index (κ2) is 6.89. The lowest BCUT2D eigenvalue weighted by Crippen LogP contribution is -3.14. The normalized spacial score (nSPS) is 17.6. The van der Waals surface area contributed by atoms with E-state index in [9.17, 15) is 9.59 Å². The molecule has 1 unspecified atom stereocenters. The molecule has 2 aromatic rings. The maximum absolute atomic E-state index is 12.0. The number of hydrogen-bond acceptors (Lipinski definition) is 4. The lowest BCUT2D eigenvalue weighted by atomic mass is 10.3. The van der Waals surface area contributed by atoms with Crippen LogP contribution in [-0.2, 0) is 16.1 Å². The number of quaternary nitrogens is 1. The van der Waals surface area contributed by atoms with E-state index in [4.69, 9.17) is 0 Å². The zero-order valence-corrected chi connectivity index (χ0v) is 13.7. The van der Waals surface area contributed by atoms with Crippen LogP contribution in [0.3, 0.4) is 0 Å². The van der Waals surface area contributed by atoms with Crippen molar-refractivity contribution in [2.24, 2.45) is 0 Å². The smallest absolute Gasteiger partial charge is 0.275 e. The van der Waals surface area contributed by atoms with Gasteiger partial charge in [0.1, 0.15) is 12.2 Å². The number of carbonyl (C=O) groups excluding carboxylic acids is 2. The van der Waals surface area contributed by atoms with Gasteiger partial charge in [-0.2, -0.15) is 0 Å². The third-order valence-electron chi connectivity index (χ3n) is 3.70. The topological polar surface area (TPSA) is 66.7 Å². The molecule has 0 saturated carbocycles.